The van der Waals surface area contributed by atoms with E-state index in [1.807, 2.05) is 30.3 Å². The number of amides is 1. The predicted octanol–water partition coefficient (Wildman–Crippen LogP) is 4.23. The Kier molecular flexibility index (Phi) is 5.22. The Hall–Kier alpha value is -0.440. The summed E-state index contributed by atoms with van der Waals surface area (Å²) in [6.07, 6.45) is 1.75. The first-order chi connectivity index (χ1) is 9.46. The van der Waals surface area contributed by atoms with Crippen molar-refractivity contribution < 1.29 is 4.79 Å². The fourth-order valence-corrected chi connectivity index (χ4v) is 3.86. The van der Waals surface area contributed by atoms with E-state index in [9.17, 15) is 4.79 Å². The first-order valence-electron chi connectivity index (χ1n) is 6.82. The van der Waals surface area contributed by atoms with Crippen LogP contribution in [-0.4, -0.2) is 27.1 Å². The van der Waals surface area contributed by atoms with Gasteiger partial charge in [0.15, 0.2) is 0 Å². The third-order valence-corrected chi connectivity index (χ3v) is 5.08. The Morgan fingerprint density at radius 2 is 2.00 bits per heavy atom. The first-order valence-corrected chi connectivity index (χ1v) is 8.01. The molecular weight excluding hydrogens is 317 g/mol. The molecule has 1 heterocycles. The minimum absolute atomic E-state index is 0.181. The molecule has 5 heteroatoms. The smallest absolute Gasteiger partial charge is 0.259 e. The summed E-state index contributed by atoms with van der Waals surface area (Å²) in [5.41, 5.74) is 1.06. The van der Waals surface area contributed by atoms with Crippen LogP contribution < -0.4 is 0 Å². The molecule has 0 aliphatic carbocycles. The van der Waals surface area contributed by atoms with E-state index in [0.29, 0.717) is 13.1 Å². The average molecular weight is 335 g/mol. The highest BCUT2D eigenvalue weighted by Crippen LogP contribution is 2.43. The number of carbonyl (C=O) groups excluding carboxylic acids is 1. The summed E-state index contributed by atoms with van der Waals surface area (Å²) in [6, 6.07) is 9.80. The Morgan fingerprint density at radius 1 is 1.35 bits per heavy atom. The van der Waals surface area contributed by atoms with Crippen molar-refractivity contribution >= 4 is 40.7 Å². The van der Waals surface area contributed by atoms with Crippen molar-refractivity contribution in [3.05, 3.63) is 35.9 Å². The van der Waals surface area contributed by atoms with Crippen molar-refractivity contribution in [3.63, 3.8) is 0 Å². The van der Waals surface area contributed by atoms with E-state index >= 15 is 0 Å². The molecule has 0 saturated carbocycles. The third kappa shape index (κ3) is 3.24. The highest BCUT2D eigenvalue weighted by Gasteiger charge is 2.54. The van der Waals surface area contributed by atoms with Gasteiger partial charge in [-0.25, -0.2) is 0 Å². The molecule has 2 rings (SSSR count). The lowest BCUT2D eigenvalue weighted by molar-refractivity contribution is -0.128. The van der Waals surface area contributed by atoms with Crippen LogP contribution in [0.2, 0.25) is 0 Å². The van der Waals surface area contributed by atoms with Crippen LogP contribution in [0.1, 0.15) is 25.3 Å². The van der Waals surface area contributed by atoms with Crippen molar-refractivity contribution in [3.8, 4) is 0 Å². The molecule has 2 unspecified atom stereocenters. The fraction of sp³-hybridized carbons (Fsp3) is 0.533. The summed E-state index contributed by atoms with van der Waals surface area (Å²) in [7, 11) is 0. The zero-order chi connectivity index (χ0) is 14.8. The molecule has 1 amide bonds. The van der Waals surface area contributed by atoms with Crippen LogP contribution in [0.5, 0.6) is 0 Å². The van der Waals surface area contributed by atoms with E-state index in [1.165, 1.54) is 0 Å². The number of benzene rings is 1. The molecule has 0 N–H and O–H groups in total. The molecule has 0 spiro atoms. The summed E-state index contributed by atoms with van der Waals surface area (Å²) in [6.45, 7) is 3.08. The molecule has 2 nitrogen and oxygen atoms in total. The minimum atomic E-state index is -1.41. The van der Waals surface area contributed by atoms with E-state index < -0.39 is 4.33 Å². The van der Waals surface area contributed by atoms with Gasteiger partial charge in [-0.2, -0.15) is 0 Å². The zero-order valence-electron chi connectivity index (χ0n) is 11.4. The van der Waals surface area contributed by atoms with Crippen LogP contribution in [0.4, 0.5) is 0 Å². The molecule has 1 aromatic carbocycles. The number of likely N-dealkylation sites (tertiary alicyclic amines) is 1. The Balaban J connectivity index is 2.12. The van der Waals surface area contributed by atoms with Crippen molar-refractivity contribution in [1.82, 2.24) is 4.90 Å². The van der Waals surface area contributed by atoms with Gasteiger partial charge in [-0.05, 0) is 12.0 Å². The molecule has 0 bridgehead atoms. The van der Waals surface area contributed by atoms with Gasteiger partial charge in [0.1, 0.15) is 0 Å². The van der Waals surface area contributed by atoms with Crippen LogP contribution in [0.15, 0.2) is 30.3 Å². The highest BCUT2D eigenvalue weighted by atomic mass is 35.5. The van der Waals surface area contributed by atoms with Gasteiger partial charge in [-0.1, -0.05) is 66.9 Å². The Labute approximate surface area is 135 Å². The highest BCUT2D eigenvalue weighted by molar-refractivity contribution is 6.59. The second-order valence-corrected chi connectivity index (χ2v) is 7.15. The number of carbonyl (C=O) groups is 1. The van der Waals surface area contributed by atoms with Gasteiger partial charge in [-0.3, -0.25) is 4.79 Å². The second-order valence-electron chi connectivity index (χ2n) is 5.21. The van der Waals surface area contributed by atoms with Gasteiger partial charge < -0.3 is 4.90 Å². The van der Waals surface area contributed by atoms with E-state index in [2.05, 4.69) is 6.92 Å². The van der Waals surface area contributed by atoms with Gasteiger partial charge in [0.2, 0.25) is 4.33 Å². The minimum Gasteiger partial charge on any atom is -0.335 e. The summed E-state index contributed by atoms with van der Waals surface area (Å²) < 4.78 is -1.41. The second kappa shape index (κ2) is 6.55. The van der Waals surface area contributed by atoms with Crippen molar-refractivity contribution in [2.45, 2.75) is 36.0 Å². The summed E-state index contributed by atoms with van der Waals surface area (Å²) in [4.78, 5) is 14.1. The monoisotopic (exact) mass is 333 g/mol. The first kappa shape index (κ1) is 15.9. The van der Waals surface area contributed by atoms with Gasteiger partial charge >= 0.3 is 0 Å². The van der Waals surface area contributed by atoms with Crippen LogP contribution in [0, 0.1) is 5.92 Å². The van der Waals surface area contributed by atoms with Crippen LogP contribution >= 0.6 is 34.8 Å². The average Bonchev–Trinajstić information content (AvgIpc) is 2.64. The lowest BCUT2D eigenvalue weighted by atomic mass is 10.00. The fourth-order valence-electron chi connectivity index (χ4n) is 2.56. The lowest BCUT2D eigenvalue weighted by Crippen LogP contribution is -2.35. The predicted molar refractivity (Wildman–Crippen MR) is 84.3 cm³/mol. The number of alkyl halides is 3. The molecule has 0 radical (unpaired) electrons. The quantitative estimate of drug-likeness (QED) is 0.738. The topological polar surface area (TPSA) is 20.3 Å². The maximum absolute atomic E-state index is 12.4. The van der Waals surface area contributed by atoms with Crippen molar-refractivity contribution in [1.29, 1.82) is 0 Å². The SMILES string of the molecule is CCCC(Cl)C1CN(Cc2ccccc2)C(=O)C1(Cl)Cl. The molecule has 110 valence electrons. The van der Waals surface area contributed by atoms with Crippen molar-refractivity contribution in [2.24, 2.45) is 5.92 Å². The Morgan fingerprint density at radius 3 is 2.60 bits per heavy atom. The normalized spacial score (nSPS) is 23.1. The maximum Gasteiger partial charge on any atom is 0.259 e. The van der Waals surface area contributed by atoms with Gasteiger partial charge in [0.05, 0.1) is 0 Å². The van der Waals surface area contributed by atoms with Gasteiger partial charge in [0, 0.05) is 24.4 Å². The molecule has 1 fully saturated rings. The van der Waals surface area contributed by atoms with Crippen LogP contribution in [0.25, 0.3) is 0 Å². The number of hydrogen-bond acceptors (Lipinski definition) is 1. The lowest BCUT2D eigenvalue weighted by Gasteiger charge is -2.22. The summed E-state index contributed by atoms with van der Waals surface area (Å²) >= 11 is 18.9. The molecule has 1 saturated heterocycles. The van der Waals surface area contributed by atoms with Crippen LogP contribution in [0.3, 0.4) is 0 Å². The zero-order valence-corrected chi connectivity index (χ0v) is 13.6. The van der Waals surface area contributed by atoms with E-state index in [4.69, 9.17) is 34.8 Å². The standard InChI is InChI=1S/C15H18Cl3NO/c1-2-6-13(16)12-10-19(14(20)15(12,17)18)9-11-7-4-3-5-8-11/h3-5,7-8,12-13H,2,6,9-10H2,1H3. The molecule has 1 aliphatic heterocycles. The molecule has 2 atom stereocenters. The van der Waals surface area contributed by atoms with E-state index in [-0.39, 0.29) is 17.2 Å². The van der Waals surface area contributed by atoms with Crippen molar-refractivity contribution in [2.75, 3.05) is 6.54 Å². The molecule has 20 heavy (non-hydrogen) atoms. The number of halogens is 3. The number of hydrogen-bond donors (Lipinski definition) is 0. The maximum atomic E-state index is 12.4. The third-order valence-electron chi connectivity index (χ3n) is 3.67. The van der Waals surface area contributed by atoms with E-state index in [1.54, 1.807) is 4.90 Å². The summed E-state index contributed by atoms with van der Waals surface area (Å²) in [5.74, 6) is -0.472. The largest absolute Gasteiger partial charge is 0.335 e. The van der Waals surface area contributed by atoms with Gasteiger partial charge in [-0.15, -0.1) is 11.6 Å². The number of nitrogens with zero attached hydrogens (tertiary/aromatic N) is 1. The van der Waals surface area contributed by atoms with E-state index in [0.717, 1.165) is 18.4 Å². The van der Waals surface area contributed by atoms with Crippen LogP contribution in [-0.2, 0) is 11.3 Å². The molecule has 1 aliphatic rings. The molecular formula is C15H18Cl3NO. The summed E-state index contributed by atoms with van der Waals surface area (Å²) in [5, 5.41) is -0.181. The van der Waals surface area contributed by atoms with Gasteiger partial charge in [0.25, 0.3) is 5.91 Å². The Bertz CT molecular complexity index is 463. The number of rotatable bonds is 5. The molecule has 1 aromatic rings. The molecule has 0 aromatic heterocycles.